The quantitative estimate of drug-likeness (QED) is 0.504. The lowest BCUT2D eigenvalue weighted by Crippen LogP contribution is -2.36. The van der Waals surface area contributed by atoms with Crippen molar-refractivity contribution in [3.63, 3.8) is 0 Å². The molecule has 0 aromatic rings. The maximum absolute atomic E-state index is 11.9. The van der Waals surface area contributed by atoms with Crippen LogP contribution in [-0.2, 0) is 4.79 Å². The molecule has 0 aromatic heterocycles. The van der Waals surface area contributed by atoms with Crippen LogP contribution in [0.2, 0.25) is 0 Å². The number of amides is 1. The number of rotatable bonds is 6. The molecule has 0 bridgehead atoms. The van der Waals surface area contributed by atoms with Crippen LogP contribution < -0.4 is 11.1 Å². The summed E-state index contributed by atoms with van der Waals surface area (Å²) in [4.78, 5) is 11.6. The highest BCUT2D eigenvalue weighted by molar-refractivity contribution is 5.92. The molecule has 2 atom stereocenters. The normalized spacial score (nSPS) is 15.8. The molecule has 0 rings (SSSR count). The lowest BCUT2D eigenvalue weighted by Gasteiger charge is -2.13. The molecule has 0 radical (unpaired) electrons. The third kappa shape index (κ3) is 7.48. The van der Waals surface area contributed by atoms with Crippen molar-refractivity contribution >= 4 is 12.1 Å². The third-order valence-electron chi connectivity index (χ3n) is 2.00. The summed E-state index contributed by atoms with van der Waals surface area (Å²) in [5, 5.41) is 9.53. The van der Waals surface area contributed by atoms with Crippen LogP contribution in [0.3, 0.4) is 0 Å². The number of hydrogen-bond donors (Lipinski definition) is 3. The van der Waals surface area contributed by atoms with Gasteiger partial charge in [-0.2, -0.15) is 13.2 Å². The first-order valence-corrected chi connectivity index (χ1v) is 5.24. The summed E-state index contributed by atoms with van der Waals surface area (Å²) in [5.41, 5.74) is 5.13. The van der Waals surface area contributed by atoms with Gasteiger partial charge in [-0.25, -0.2) is 0 Å². The summed E-state index contributed by atoms with van der Waals surface area (Å²) in [5.74, 6) is -1.43. The molecule has 0 heterocycles. The lowest BCUT2D eigenvalue weighted by molar-refractivity contribution is -0.123. The predicted octanol–water partition coefficient (Wildman–Crippen LogP) is 1.74. The maximum Gasteiger partial charge on any atom is 0.409 e. The van der Waals surface area contributed by atoms with Crippen molar-refractivity contribution in [1.29, 1.82) is 5.41 Å². The Balaban J connectivity index is 4.37. The Kier molecular flexibility index (Phi) is 6.77. The summed E-state index contributed by atoms with van der Waals surface area (Å²) < 4.78 is 35.6. The minimum atomic E-state index is -4.40. The van der Waals surface area contributed by atoms with Gasteiger partial charge in [-0.05, 0) is 25.6 Å². The molecule has 0 saturated heterocycles. The number of allylic oxidation sites excluding steroid dienone is 2. The molecule has 7 heteroatoms. The second kappa shape index (κ2) is 7.52. The summed E-state index contributed by atoms with van der Waals surface area (Å²) in [6.07, 6.45) is -0.0987. The Morgan fingerprint density at radius 1 is 1.50 bits per heavy atom. The fraction of sp³-hybridized carbons (Fsp3) is 0.455. The van der Waals surface area contributed by atoms with Gasteiger partial charge < -0.3 is 16.5 Å². The zero-order valence-electron chi connectivity index (χ0n) is 9.87. The van der Waals surface area contributed by atoms with E-state index in [9.17, 15) is 18.0 Å². The molecule has 0 aliphatic carbocycles. The fourth-order valence-electron chi connectivity index (χ4n) is 1.15. The third-order valence-corrected chi connectivity index (χ3v) is 2.00. The van der Waals surface area contributed by atoms with Gasteiger partial charge in [0.25, 0.3) is 0 Å². The molecule has 2 unspecified atom stereocenters. The summed E-state index contributed by atoms with van der Waals surface area (Å²) >= 11 is 0. The molecule has 102 valence electrons. The summed E-state index contributed by atoms with van der Waals surface area (Å²) in [7, 11) is 0. The Bertz CT molecular complexity index is 337. The van der Waals surface area contributed by atoms with E-state index in [0.717, 1.165) is 12.3 Å². The molecule has 0 aliphatic rings. The van der Waals surface area contributed by atoms with Gasteiger partial charge in [0, 0.05) is 18.3 Å². The molecule has 4 nitrogen and oxygen atoms in total. The maximum atomic E-state index is 11.9. The van der Waals surface area contributed by atoms with Crippen molar-refractivity contribution < 1.29 is 18.0 Å². The van der Waals surface area contributed by atoms with Gasteiger partial charge in [-0.15, -0.1) is 0 Å². The number of nitrogens with two attached hydrogens (primary N) is 1. The van der Waals surface area contributed by atoms with E-state index >= 15 is 0 Å². The zero-order chi connectivity index (χ0) is 14.2. The van der Waals surface area contributed by atoms with Crippen LogP contribution in [-0.4, -0.2) is 24.3 Å². The van der Waals surface area contributed by atoms with Crippen LogP contribution in [0.4, 0.5) is 13.2 Å². The van der Waals surface area contributed by atoms with Crippen LogP contribution in [0, 0.1) is 11.3 Å². The Labute approximate surface area is 103 Å². The molecule has 18 heavy (non-hydrogen) atoms. The minimum Gasteiger partial charge on any atom is -0.405 e. The SMILES string of the molecule is CC(/C=C/N)NC(=O)C(C=N)C/C=C/C(F)(F)F. The number of carbonyl (C=O) groups is 1. The van der Waals surface area contributed by atoms with Crippen LogP contribution >= 0.6 is 0 Å². The van der Waals surface area contributed by atoms with Gasteiger partial charge >= 0.3 is 6.18 Å². The number of hydrogen-bond acceptors (Lipinski definition) is 3. The van der Waals surface area contributed by atoms with Gasteiger partial charge in [-0.3, -0.25) is 4.79 Å². The molecular formula is C11H16F3N3O. The number of alkyl halides is 3. The van der Waals surface area contributed by atoms with Gasteiger partial charge in [-0.1, -0.05) is 6.08 Å². The molecule has 0 saturated carbocycles. The highest BCUT2D eigenvalue weighted by Crippen LogP contribution is 2.17. The van der Waals surface area contributed by atoms with Crippen molar-refractivity contribution in [2.24, 2.45) is 11.7 Å². The zero-order valence-corrected chi connectivity index (χ0v) is 9.87. The van der Waals surface area contributed by atoms with Gasteiger partial charge in [0.1, 0.15) is 0 Å². The Hall–Kier alpha value is -1.79. The second-order valence-corrected chi connectivity index (χ2v) is 3.64. The lowest BCUT2D eigenvalue weighted by atomic mass is 10.1. The topological polar surface area (TPSA) is 79.0 Å². The second-order valence-electron chi connectivity index (χ2n) is 3.64. The summed E-state index contributed by atoms with van der Waals surface area (Å²) in [6.45, 7) is 1.66. The molecule has 0 fully saturated rings. The van der Waals surface area contributed by atoms with Crippen molar-refractivity contribution in [2.45, 2.75) is 25.6 Å². The highest BCUT2D eigenvalue weighted by Gasteiger charge is 2.22. The first kappa shape index (κ1) is 16.2. The van der Waals surface area contributed by atoms with Crippen molar-refractivity contribution in [3.05, 3.63) is 24.4 Å². The van der Waals surface area contributed by atoms with Gasteiger partial charge in [0.05, 0.1) is 5.92 Å². The van der Waals surface area contributed by atoms with Crippen molar-refractivity contribution in [3.8, 4) is 0 Å². The van der Waals surface area contributed by atoms with E-state index in [2.05, 4.69) is 5.32 Å². The van der Waals surface area contributed by atoms with Crippen molar-refractivity contribution in [1.82, 2.24) is 5.32 Å². The monoisotopic (exact) mass is 263 g/mol. The van der Waals surface area contributed by atoms with Crippen LogP contribution in [0.1, 0.15) is 13.3 Å². The fourth-order valence-corrected chi connectivity index (χ4v) is 1.15. The van der Waals surface area contributed by atoms with Crippen LogP contribution in [0.5, 0.6) is 0 Å². The Morgan fingerprint density at radius 3 is 2.56 bits per heavy atom. The number of carbonyl (C=O) groups excluding carboxylic acids is 1. The van der Waals surface area contributed by atoms with Gasteiger partial charge in [0.15, 0.2) is 0 Å². The van der Waals surface area contributed by atoms with E-state index in [0.29, 0.717) is 0 Å². The molecule has 4 N–H and O–H groups in total. The van der Waals surface area contributed by atoms with Gasteiger partial charge in [0.2, 0.25) is 5.91 Å². The average molecular weight is 263 g/mol. The van der Waals surface area contributed by atoms with Crippen LogP contribution in [0.25, 0.3) is 0 Å². The van der Waals surface area contributed by atoms with E-state index in [1.54, 1.807) is 6.92 Å². The smallest absolute Gasteiger partial charge is 0.405 e. The first-order chi connectivity index (χ1) is 8.30. The molecule has 0 aliphatic heterocycles. The molecular weight excluding hydrogens is 247 g/mol. The Morgan fingerprint density at radius 2 is 2.11 bits per heavy atom. The predicted molar refractivity (Wildman–Crippen MR) is 63.0 cm³/mol. The number of halogens is 3. The minimum absolute atomic E-state index is 0.0555. The van der Waals surface area contributed by atoms with E-state index in [1.807, 2.05) is 0 Å². The molecule has 1 amide bonds. The highest BCUT2D eigenvalue weighted by atomic mass is 19.4. The van der Waals surface area contributed by atoms with Crippen LogP contribution in [0.15, 0.2) is 24.4 Å². The van der Waals surface area contributed by atoms with Crippen molar-refractivity contribution in [2.75, 3.05) is 0 Å². The summed E-state index contributed by atoms with van der Waals surface area (Å²) in [6, 6.07) is -0.337. The molecule has 0 aromatic carbocycles. The van der Waals surface area contributed by atoms with E-state index in [1.165, 1.54) is 12.3 Å². The largest absolute Gasteiger partial charge is 0.409 e. The van der Waals surface area contributed by atoms with E-state index < -0.39 is 18.0 Å². The molecule has 0 spiro atoms. The standard InChI is InChI=1S/C11H16F3N3O/c1-8(4-6-15)17-10(18)9(7-16)3-2-5-11(12,13)14/h2,4-9,16H,3,15H2,1H3,(H,17,18)/b5-2+,6-4+,16-7?. The first-order valence-electron chi connectivity index (χ1n) is 5.24. The van der Waals surface area contributed by atoms with E-state index in [-0.39, 0.29) is 18.5 Å². The average Bonchev–Trinajstić information content (AvgIpc) is 2.22. The number of nitrogens with one attached hydrogen (secondary N) is 2. The van der Waals surface area contributed by atoms with E-state index in [4.69, 9.17) is 11.1 Å².